The molecule has 0 atom stereocenters. The molecule has 9 aromatic carbocycles. The minimum atomic E-state index is 0.768. The van der Waals surface area contributed by atoms with Crippen molar-refractivity contribution in [1.29, 1.82) is 0 Å². The molecule has 0 saturated heterocycles. The molecule has 3 aromatic heterocycles. The minimum Gasteiger partial charge on any atom is -0.354 e. The fourth-order valence-electron chi connectivity index (χ4n) is 9.43. The molecule has 0 aliphatic rings. The normalized spacial score (nSPS) is 11.5. The smallest absolute Gasteiger partial charge is 0.105 e. The summed E-state index contributed by atoms with van der Waals surface area (Å²) in [6, 6.07) is 75.8. The van der Waals surface area contributed by atoms with Crippen LogP contribution in [0.5, 0.6) is 0 Å². The predicted molar refractivity (Wildman–Crippen MR) is 260 cm³/mol. The Balaban J connectivity index is 1.25. The third-order valence-electron chi connectivity index (χ3n) is 12.1. The van der Waals surface area contributed by atoms with Gasteiger partial charge in [0.2, 0.25) is 0 Å². The van der Waals surface area contributed by atoms with Gasteiger partial charge in [0.25, 0.3) is 0 Å². The highest BCUT2D eigenvalue weighted by molar-refractivity contribution is 7.25. The van der Waals surface area contributed by atoms with Gasteiger partial charge in [0.15, 0.2) is 0 Å². The molecular formula is C57H36N4S. The van der Waals surface area contributed by atoms with Gasteiger partial charge in [0.1, 0.15) is 11.4 Å². The molecule has 1 N–H and O–H groups in total. The van der Waals surface area contributed by atoms with E-state index in [9.17, 15) is 0 Å². The van der Waals surface area contributed by atoms with Gasteiger partial charge in [-0.3, -0.25) is 0 Å². The van der Waals surface area contributed by atoms with E-state index in [2.05, 4.69) is 223 Å². The van der Waals surface area contributed by atoms with Gasteiger partial charge >= 0.3 is 0 Å². The van der Waals surface area contributed by atoms with Crippen LogP contribution in [0.3, 0.4) is 0 Å². The summed E-state index contributed by atoms with van der Waals surface area (Å²) in [4.78, 5) is 3.87. The molecule has 62 heavy (non-hydrogen) atoms. The molecular weight excluding hydrogens is 773 g/mol. The molecule has 0 aliphatic carbocycles. The van der Waals surface area contributed by atoms with E-state index in [0.717, 1.165) is 89.2 Å². The maximum Gasteiger partial charge on any atom is 0.105 e. The molecule has 0 spiro atoms. The van der Waals surface area contributed by atoms with Crippen molar-refractivity contribution in [3.05, 3.63) is 212 Å². The zero-order valence-corrected chi connectivity index (χ0v) is 34.3. The number of thiophene rings is 1. The second-order valence-corrected chi connectivity index (χ2v) is 16.7. The Morgan fingerprint density at radius 3 is 1.60 bits per heavy atom. The molecule has 0 fully saturated rings. The lowest BCUT2D eigenvalue weighted by Crippen LogP contribution is -2.03. The average molecular weight is 809 g/mol. The van der Waals surface area contributed by atoms with Crippen LogP contribution in [0.15, 0.2) is 212 Å². The Morgan fingerprint density at radius 2 is 0.823 bits per heavy atom. The first kappa shape index (κ1) is 35.9. The fraction of sp³-hybridized carbons (Fsp3) is 0. The molecule has 5 heteroatoms. The summed E-state index contributed by atoms with van der Waals surface area (Å²) in [6.07, 6.45) is 0. The first-order valence-corrected chi connectivity index (χ1v) is 21.7. The van der Waals surface area contributed by atoms with Gasteiger partial charge in [0.05, 0.1) is 5.52 Å². The van der Waals surface area contributed by atoms with Crippen molar-refractivity contribution in [1.82, 2.24) is 20.4 Å². The number of benzene rings is 9. The third kappa shape index (κ3) is 5.86. The minimum absolute atomic E-state index is 0.768. The lowest BCUT2D eigenvalue weighted by atomic mass is 9.82. The van der Waals surface area contributed by atoms with Crippen LogP contribution < -0.4 is 0 Å². The molecule has 0 bridgehead atoms. The van der Waals surface area contributed by atoms with Gasteiger partial charge in [0, 0.05) is 58.7 Å². The second kappa shape index (κ2) is 14.9. The number of H-pyrrole nitrogens is 1. The predicted octanol–water partition coefficient (Wildman–Crippen LogP) is 15.5. The Morgan fingerprint density at radius 1 is 0.323 bits per heavy atom. The maximum atomic E-state index is 5.09. The summed E-state index contributed by atoms with van der Waals surface area (Å²) in [5, 5.41) is 19.5. The van der Waals surface area contributed by atoms with Crippen LogP contribution in [-0.4, -0.2) is 20.4 Å². The van der Waals surface area contributed by atoms with Gasteiger partial charge in [-0.2, -0.15) is 0 Å². The molecule has 12 rings (SSSR count). The topological polar surface area (TPSA) is 54.5 Å². The van der Waals surface area contributed by atoms with E-state index in [-0.39, 0.29) is 0 Å². The summed E-state index contributed by atoms with van der Waals surface area (Å²) in [5.74, 6) is 0. The highest BCUT2D eigenvalue weighted by Crippen LogP contribution is 2.51. The Hall–Kier alpha value is -7.99. The summed E-state index contributed by atoms with van der Waals surface area (Å²) in [7, 11) is 0. The number of aromatic nitrogens is 4. The van der Waals surface area contributed by atoms with Crippen molar-refractivity contribution >= 4 is 53.3 Å². The number of fused-ring (bicyclic) bond motifs is 6. The first-order valence-electron chi connectivity index (χ1n) is 20.9. The number of para-hydroxylation sites is 2. The zero-order chi connectivity index (χ0) is 41.0. The van der Waals surface area contributed by atoms with Crippen LogP contribution in [0, 0.1) is 0 Å². The second-order valence-electron chi connectivity index (χ2n) is 15.6. The van der Waals surface area contributed by atoms with Gasteiger partial charge < -0.3 is 4.98 Å². The van der Waals surface area contributed by atoms with Gasteiger partial charge in [-0.25, -0.2) is 0 Å². The van der Waals surface area contributed by atoms with Gasteiger partial charge in [-0.15, -0.1) is 21.5 Å². The van der Waals surface area contributed by atoms with Crippen LogP contribution >= 0.6 is 11.3 Å². The quantitative estimate of drug-likeness (QED) is 0.174. The average Bonchev–Trinajstić information content (AvgIpc) is 3.93. The number of hydrogen-bond acceptors (Lipinski definition) is 4. The van der Waals surface area contributed by atoms with Crippen molar-refractivity contribution in [3.63, 3.8) is 0 Å². The summed E-state index contributed by atoms with van der Waals surface area (Å²) in [6.45, 7) is 0. The van der Waals surface area contributed by atoms with Gasteiger partial charge in [-0.1, -0.05) is 194 Å². The van der Waals surface area contributed by atoms with Crippen LogP contribution in [0.25, 0.3) is 120 Å². The van der Waals surface area contributed by atoms with Crippen LogP contribution in [0.4, 0.5) is 0 Å². The molecule has 3 heterocycles. The fourth-order valence-corrected chi connectivity index (χ4v) is 10.6. The third-order valence-corrected chi connectivity index (χ3v) is 13.3. The number of nitrogens with zero attached hydrogens (tertiary/aromatic N) is 3. The van der Waals surface area contributed by atoms with Crippen molar-refractivity contribution < 1.29 is 0 Å². The van der Waals surface area contributed by atoms with E-state index in [0.29, 0.717) is 0 Å². The molecule has 0 saturated carbocycles. The number of hydrogen-bond donors (Lipinski definition) is 1. The molecule has 12 aromatic rings. The number of nitrogens with one attached hydrogen (secondary N) is 1. The Kier molecular flexibility index (Phi) is 8.65. The molecule has 0 radical (unpaired) electrons. The molecule has 0 unspecified atom stereocenters. The largest absolute Gasteiger partial charge is 0.354 e. The Labute approximate surface area is 362 Å². The van der Waals surface area contributed by atoms with E-state index in [1.807, 2.05) is 11.3 Å². The lowest BCUT2D eigenvalue weighted by Gasteiger charge is -2.22. The van der Waals surface area contributed by atoms with Crippen LogP contribution in [0.2, 0.25) is 0 Å². The van der Waals surface area contributed by atoms with Crippen molar-refractivity contribution in [2.24, 2.45) is 0 Å². The van der Waals surface area contributed by atoms with E-state index >= 15 is 0 Å². The molecule has 0 aliphatic heterocycles. The van der Waals surface area contributed by atoms with E-state index in [1.165, 1.54) is 30.9 Å². The van der Waals surface area contributed by atoms with Crippen LogP contribution in [-0.2, 0) is 0 Å². The van der Waals surface area contributed by atoms with Gasteiger partial charge in [-0.05, 0) is 67.9 Å². The highest BCUT2D eigenvalue weighted by Gasteiger charge is 2.27. The Bertz CT molecular complexity index is 3640. The van der Waals surface area contributed by atoms with Crippen molar-refractivity contribution in [3.8, 4) is 78.1 Å². The highest BCUT2D eigenvalue weighted by atomic mass is 32.1. The molecule has 4 nitrogen and oxygen atoms in total. The van der Waals surface area contributed by atoms with Crippen molar-refractivity contribution in [2.75, 3.05) is 0 Å². The number of aromatic amines is 1. The summed E-state index contributed by atoms with van der Waals surface area (Å²) < 4.78 is 2.44. The monoisotopic (exact) mass is 808 g/mol. The van der Waals surface area contributed by atoms with Crippen LogP contribution in [0.1, 0.15) is 0 Å². The maximum absolute atomic E-state index is 5.09. The molecule has 290 valence electrons. The van der Waals surface area contributed by atoms with Crippen molar-refractivity contribution in [2.45, 2.75) is 0 Å². The van der Waals surface area contributed by atoms with E-state index in [4.69, 9.17) is 10.2 Å². The first-order chi connectivity index (χ1) is 30.8. The van der Waals surface area contributed by atoms with E-state index in [1.54, 1.807) is 0 Å². The van der Waals surface area contributed by atoms with E-state index < -0.39 is 0 Å². The summed E-state index contributed by atoms with van der Waals surface area (Å²) >= 11 is 1.81. The SMILES string of the molecule is c1ccc(-c2ccccc2-c2cccc(-c3c(-c4ccccc4-c4ccccc4)nnnc3-c3cccc4sc5ccccc5c34)c2-c2cccc3c2[nH]c2ccccc23)cc1. The standard InChI is InChI=1S/C57H36N4S/c1-3-18-36(19-4-1)38-22-7-9-24-40(38)42-28-15-30-46(52(42)47-31-16-29-44-41-25-11-13-33-49(41)58-55(44)47)54-56(43-26-10-8-23-39(43)37-20-5-2-6-21-37)59-61-60-57(54)48-32-17-35-51-53(48)45-27-12-14-34-50(45)62-51/h1-35,58H. The number of rotatable bonds is 7. The zero-order valence-electron chi connectivity index (χ0n) is 33.5. The molecule has 0 amide bonds. The lowest BCUT2D eigenvalue weighted by molar-refractivity contribution is 0.879. The summed E-state index contributed by atoms with van der Waals surface area (Å²) in [5.41, 5.74) is 16.6.